The molecule has 436 valence electrons. The van der Waals surface area contributed by atoms with E-state index >= 15 is 9.59 Å². The first-order valence-corrected chi connectivity index (χ1v) is 27.7. The summed E-state index contributed by atoms with van der Waals surface area (Å²) in [5.74, 6) is -6.30. The fourth-order valence-electron chi connectivity index (χ4n) is 11.5. The highest BCUT2D eigenvalue weighted by molar-refractivity contribution is 5.95. The molecule has 3 N–H and O–H groups in total. The number of fused-ring (bicyclic) bond motifs is 5. The third-order valence-electron chi connectivity index (χ3n) is 15.6. The maximum absolute atomic E-state index is 15.8. The van der Waals surface area contributed by atoms with Gasteiger partial charge in [0.25, 0.3) is 0 Å². The molecule has 1 saturated heterocycles. The molecule has 2 saturated carbocycles. The molecule has 0 aromatic heterocycles. The lowest BCUT2D eigenvalue weighted by Crippen LogP contribution is -2.82. The summed E-state index contributed by atoms with van der Waals surface area (Å²) in [6, 6.07) is 6.43. The van der Waals surface area contributed by atoms with Crippen molar-refractivity contribution in [2.24, 2.45) is 16.7 Å². The van der Waals surface area contributed by atoms with Gasteiger partial charge in [-0.15, -0.1) is 0 Å². The lowest BCUT2D eigenvalue weighted by Gasteiger charge is -2.67. The zero-order chi connectivity index (χ0) is 58.5. The van der Waals surface area contributed by atoms with Gasteiger partial charge in [0.2, 0.25) is 6.10 Å². The summed E-state index contributed by atoms with van der Waals surface area (Å²) in [7, 11) is 1.03. The lowest BCUT2D eigenvalue weighted by atomic mass is 9.44. The number of amides is 1. The summed E-state index contributed by atoms with van der Waals surface area (Å²) in [6.07, 6.45) is 8.86. The van der Waals surface area contributed by atoms with Gasteiger partial charge in [0.15, 0.2) is 17.5 Å². The number of nitrogens with one attached hydrogen (secondary N) is 1. The second kappa shape index (κ2) is 27.4. The molecule has 5 rings (SSSR count). The van der Waals surface area contributed by atoms with Crippen molar-refractivity contribution in [3.8, 4) is 0 Å². The van der Waals surface area contributed by atoms with Crippen molar-refractivity contribution in [1.29, 1.82) is 0 Å². The lowest BCUT2D eigenvalue weighted by molar-refractivity contribution is -0.346. The predicted octanol–water partition coefficient (Wildman–Crippen LogP) is 9.78. The van der Waals surface area contributed by atoms with Crippen LogP contribution in [0.25, 0.3) is 0 Å². The number of unbranched alkanes of at least 4 members (excludes halogenated alkanes) is 5. The number of hydrogen-bond donors (Lipinski definition) is 3. The number of Topliss-reactive ketones (excluding diaryl/α,β-unsaturated/α-hetero) is 1. The monoisotopic (exact) mass is 1100 g/mol. The molecular weight excluding hydrogens is 1020 g/mol. The van der Waals surface area contributed by atoms with Crippen LogP contribution in [0.1, 0.15) is 164 Å². The van der Waals surface area contributed by atoms with Crippen LogP contribution in [-0.2, 0) is 57.1 Å². The normalized spacial score (nSPS) is 27.9. The molecule has 1 aromatic carbocycles. The molecule has 1 aromatic rings. The molecule has 1 heterocycles. The number of aliphatic hydroxyl groups excluding tert-OH is 1. The van der Waals surface area contributed by atoms with Gasteiger partial charge >= 0.3 is 36.1 Å². The van der Waals surface area contributed by atoms with E-state index in [1.165, 1.54) is 45.9 Å². The zero-order valence-electron chi connectivity index (χ0n) is 48.3. The first-order chi connectivity index (χ1) is 37.2. The third-order valence-corrected chi connectivity index (χ3v) is 15.6. The van der Waals surface area contributed by atoms with Crippen molar-refractivity contribution >= 4 is 41.9 Å². The topological polar surface area (TPSA) is 246 Å². The molecule has 1 unspecified atom stereocenters. The van der Waals surface area contributed by atoms with E-state index in [1.54, 1.807) is 52.8 Å². The SMILES string of the molecule is CCC/C=C\C/C=C\C/C=C\CCCCCCC(=O)O[C@@H](C(=O)O[C@H]1C[C@@]2(O)[C@@H](OC(=O)c3ccccc3)C3[C@](C)(C(=O)[C@H](OC(=O)OC)C(=C1C)C2(C)C)[C@@H](O)C[C@H]1OC[C@@]31OC(C)=O)[C@H](C=C(C)C)NC(=O)OC(C)(C)C. The standard InChI is InChI=1S/C61H85NO17/c1-13-14-15-16-17-18-19-20-21-22-23-24-25-26-30-33-46(65)75-48(42(34-38(2)3)62-55(69)79-57(6,7)8)54(68)74-43-36-61(71)52(77-53(67)41-31-28-27-29-32-41)50-59(11,44(64)35-45-60(50,37-73-45)78-40(5)63)51(66)49(76-56(70)72-12)47(39(43)4)58(61,9)10/h15-16,18-19,21-22,27-29,31-32,34,42-45,48-50,52,64,71H,13-14,17,20,23-26,30,33,35-37H2,1-12H3,(H,62,69)/b16-15-,19-18-,22-21-/t42-,43-,44-,45+,48+,49+,50?,52-,59+,60-,61+/m0/s1. The van der Waals surface area contributed by atoms with E-state index in [0.717, 1.165) is 59.0 Å². The summed E-state index contributed by atoms with van der Waals surface area (Å²) in [6.45, 7) is 17.3. The van der Waals surface area contributed by atoms with E-state index in [2.05, 4.69) is 48.7 Å². The fourth-order valence-corrected chi connectivity index (χ4v) is 11.5. The van der Waals surface area contributed by atoms with Crippen molar-refractivity contribution in [1.82, 2.24) is 5.32 Å². The Labute approximate surface area is 465 Å². The summed E-state index contributed by atoms with van der Waals surface area (Å²) < 4.78 is 47.3. The number of benzene rings is 1. The summed E-state index contributed by atoms with van der Waals surface area (Å²) in [5.41, 5.74) is -8.53. The van der Waals surface area contributed by atoms with Gasteiger partial charge in [-0.25, -0.2) is 19.2 Å². The second-order valence-corrected chi connectivity index (χ2v) is 23.1. The highest BCUT2D eigenvalue weighted by atomic mass is 16.7. The van der Waals surface area contributed by atoms with Crippen LogP contribution in [0.2, 0.25) is 0 Å². The molecule has 18 heteroatoms. The maximum atomic E-state index is 15.8. The molecule has 0 radical (unpaired) electrons. The number of alkyl carbamates (subject to hydrolysis) is 1. The van der Waals surface area contributed by atoms with Crippen molar-refractivity contribution in [2.75, 3.05) is 13.7 Å². The van der Waals surface area contributed by atoms with Crippen molar-refractivity contribution in [2.45, 2.75) is 213 Å². The second-order valence-electron chi connectivity index (χ2n) is 23.1. The van der Waals surface area contributed by atoms with Crippen LogP contribution < -0.4 is 5.32 Å². The number of carbonyl (C=O) groups is 7. The molecule has 1 amide bonds. The van der Waals surface area contributed by atoms with Gasteiger partial charge in [-0.05, 0) is 110 Å². The molecule has 0 spiro atoms. The van der Waals surface area contributed by atoms with Gasteiger partial charge in [0.1, 0.15) is 29.5 Å². The Morgan fingerprint density at radius 2 is 1.51 bits per heavy atom. The number of allylic oxidation sites excluding steroid dienone is 7. The van der Waals surface area contributed by atoms with Crippen LogP contribution in [0.15, 0.2) is 89.6 Å². The first kappa shape index (κ1) is 63.7. The molecule has 2 bridgehead atoms. The molecular formula is C61H85NO17. The molecule has 79 heavy (non-hydrogen) atoms. The number of esters is 4. The quantitative estimate of drug-likeness (QED) is 0.0399. The van der Waals surface area contributed by atoms with Crippen LogP contribution in [0.3, 0.4) is 0 Å². The van der Waals surface area contributed by atoms with Crippen molar-refractivity contribution in [3.63, 3.8) is 0 Å². The van der Waals surface area contributed by atoms with Gasteiger partial charge in [0.05, 0.1) is 42.8 Å². The van der Waals surface area contributed by atoms with Gasteiger partial charge in [0, 0.05) is 31.6 Å². The van der Waals surface area contributed by atoms with Gasteiger partial charge < -0.3 is 53.4 Å². The van der Waals surface area contributed by atoms with Crippen molar-refractivity contribution < 1.29 is 81.7 Å². The number of ketones is 1. The fraction of sp³-hybridized carbons (Fsp3) is 0.623. The number of methoxy groups -OCH3 is 1. The smallest absolute Gasteiger partial charge is 0.455 e. The zero-order valence-corrected chi connectivity index (χ0v) is 48.3. The molecule has 1 aliphatic heterocycles. The Morgan fingerprint density at radius 1 is 0.873 bits per heavy atom. The third kappa shape index (κ3) is 15.0. The van der Waals surface area contributed by atoms with Gasteiger partial charge in [-0.1, -0.05) is 106 Å². The molecule has 3 fully saturated rings. The largest absolute Gasteiger partial charge is 0.509 e. The van der Waals surface area contributed by atoms with Crippen LogP contribution >= 0.6 is 0 Å². The summed E-state index contributed by atoms with van der Waals surface area (Å²) in [4.78, 5) is 99.4. The van der Waals surface area contributed by atoms with Crippen LogP contribution in [-0.4, -0.2) is 125 Å². The van der Waals surface area contributed by atoms with E-state index < -0.39 is 125 Å². The maximum Gasteiger partial charge on any atom is 0.509 e. The van der Waals surface area contributed by atoms with Crippen molar-refractivity contribution in [3.05, 3.63) is 95.1 Å². The Bertz CT molecular complexity index is 2500. The average molecular weight is 1100 g/mol. The minimum absolute atomic E-state index is 0.0427. The number of rotatable bonds is 23. The van der Waals surface area contributed by atoms with Gasteiger partial charge in [-0.2, -0.15) is 0 Å². The molecule has 4 aliphatic rings. The minimum Gasteiger partial charge on any atom is -0.455 e. The molecule has 3 aliphatic carbocycles. The Hall–Kier alpha value is -6.11. The van der Waals surface area contributed by atoms with Crippen LogP contribution in [0.4, 0.5) is 9.59 Å². The number of aliphatic hydroxyl groups is 2. The van der Waals surface area contributed by atoms with Gasteiger partial charge in [-0.3, -0.25) is 14.4 Å². The average Bonchev–Trinajstić information content (AvgIpc) is 2.69. The number of hydrogen-bond acceptors (Lipinski definition) is 17. The van der Waals surface area contributed by atoms with E-state index in [-0.39, 0.29) is 36.2 Å². The molecule has 18 nitrogen and oxygen atoms in total. The highest BCUT2D eigenvalue weighted by Crippen LogP contribution is 2.64. The Kier molecular flexibility index (Phi) is 22.1. The Balaban J connectivity index is 1.56. The highest BCUT2D eigenvalue weighted by Gasteiger charge is 2.78. The molecule has 11 atom stereocenters. The first-order valence-electron chi connectivity index (χ1n) is 27.7. The minimum atomic E-state index is -2.48. The van der Waals surface area contributed by atoms with Crippen LogP contribution in [0.5, 0.6) is 0 Å². The number of carbonyl (C=O) groups excluding carboxylic acids is 7. The van der Waals surface area contributed by atoms with E-state index in [0.29, 0.717) is 18.4 Å². The Morgan fingerprint density at radius 3 is 2.09 bits per heavy atom. The van der Waals surface area contributed by atoms with E-state index in [1.807, 2.05) is 0 Å². The summed E-state index contributed by atoms with van der Waals surface area (Å²) >= 11 is 0. The van der Waals surface area contributed by atoms with E-state index in [9.17, 15) is 34.2 Å². The number of ether oxygens (including phenoxy) is 8. The van der Waals surface area contributed by atoms with E-state index in [4.69, 9.17) is 37.9 Å². The summed E-state index contributed by atoms with van der Waals surface area (Å²) in [5, 5.41) is 28.9. The van der Waals surface area contributed by atoms with Crippen LogP contribution in [0, 0.1) is 16.7 Å². The predicted molar refractivity (Wildman–Crippen MR) is 292 cm³/mol.